The Hall–Kier alpha value is -2.31. The predicted molar refractivity (Wildman–Crippen MR) is 81.8 cm³/mol. The van der Waals surface area contributed by atoms with Gasteiger partial charge in [-0.05, 0) is 45.7 Å². The summed E-state index contributed by atoms with van der Waals surface area (Å²) in [5.41, 5.74) is -0.499. The van der Waals surface area contributed by atoms with Crippen molar-refractivity contribution in [2.45, 2.75) is 45.1 Å². The second kappa shape index (κ2) is 6.06. The molecule has 23 heavy (non-hydrogen) atoms. The van der Waals surface area contributed by atoms with Crippen LogP contribution in [0, 0.1) is 0 Å². The van der Waals surface area contributed by atoms with E-state index >= 15 is 0 Å². The van der Waals surface area contributed by atoms with Crippen LogP contribution in [0.3, 0.4) is 0 Å². The first kappa shape index (κ1) is 15.6. The largest absolute Gasteiger partial charge is 0.461 e. The molecule has 124 valence electrons. The SMILES string of the molecule is CC(C)(C)OC(=O)N1CCC[C@H](c2nc(-c3ccco3)no2)C1. The Kier molecular flexibility index (Phi) is 4.11. The topological polar surface area (TPSA) is 81.6 Å². The van der Waals surface area contributed by atoms with Gasteiger partial charge in [-0.1, -0.05) is 5.16 Å². The first-order valence-corrected chi connectivity index (χ1v) is 7.78. The van der Waals surface area contributed by atoms with Crippen LogP contribution in [0.2, 0.25) is 0 Å². The van der Waals surface area contributed by atoms with Crippen molar-refractivity contribution in [3.8, 4) is 11.6 Å². The summed E-state index contributed by atoms with van der Waals surface area (Å²) >= 11 is 0. The number of amides is 1. The van der Waals surface area contributed by atoms with E-state index in [0.717, 1.165) is 12.8 Å². The maximum Gasteiger partial charge on any atom is 0.410 e. The summed E-state index contributed by atoms with van der Waals surface area (Å²) in [6.45, 7) is 6.79. The molecule has 0 aliphatic carbocycles. The molecular formula is C16H21N3O4. The zero-order valence-electron chi connectivity index (χ0n) is 13.6. The normalized spacial score (nSPS) is 18.9. The molecule has 0 aromatic carbocycles. The fourth-order valence-corrected chi connectivity index (χ4v) is 2.58. The number of aromatic nitrogens is 2. The summed E-state index contributed by atoms with van der Waals surface area (Å²) in [7, 11) is 0. The van der Waals surface area contributed by atoms with Gasteiger partial charge in [-0.2, -0.15) is 4.98 Å². The Morgan fingerprint density at radius 1 is 1.43 bits per heavy atom. The van der Waals surface area contributed by atoms with Gasteiger partial charge in [0.15, 0.2) is 5.76 Å². The highest BCUT2D eigenvalue weighted by atomic mass is 16.6. The third-order valence-electron chi connectivity index (χ3n) is 3.61. The van der Waals surface area contributed by atoms with Crippen molar-refractivity contribution in [3.05, 3.63) is 24.3 Å². The van der Waals surface area contributed by atoms with E-state index in [9.17, 15) is 4.79 Å². The molecule has 1 fully saturated rings. The number of carbonyl (C=O) groups excluding carboxylic acids is 1. The van der Waals surface area contributed by atoms with Gasteiger partial charge in [-0.3, -0.25) is 0 Å². The number of nitrogens with zero attached hydrogens (tertiary/aromatic N) is 3. The van der Waals surface area contributed by atoms with Crippen LogP contribution in [-0.2, 0) is 4.74 Å². The second-order valence-electron chi connectivity index (χ2n) is 6.70. The molecule has 1 saturated heterocycles. The summed E-state index contributed by atoms with van der Waals surface area (Å²) < 4.78 is 16.1. The van der Waals surface area contributed by atoms with E-state index < -0.39 is 5.60 Å². The number of hydrogen-bond donors (Lipinski definition) is 0. The van der Waals surface area contributed by atoms with Crippen molar-refractivity contribution in [2.24, 2.45) is 0 Å². The van der Waals surface area contributed by atoms with Crippen molar-refractivity contribution in [1.29, 1.82) is 0 Å². The molecule has 0 spiro atoms. The summed E-state index contributed by atoms with van der Waals surface area (Å²) in [5, 5.41) is 3.95. The molecule has 1 aliphatic heterocycles. The van der Waals surface area contributed by atoms with E-state index in [1.807, 2.05) is 20.8 Å². The van der Waals surface area contributed by atoms with Gasteiger partial charge < -0.3 is 18.6 Å². The number of piperidine rings is 1. The molecule has 0 unspecified atom stereocenters. The van der Waals surface area contributed by atoms with Gasteiger partial charge in [0.1, 0.15) is 5.60 Å². The Bertz CT molecular complexity index is 657. The molecule has 0 N–H and O–H groups in total. The van der Waals surface area contributed by atoms with E-state index in [1.54, 1.807) is 23.3 Å². The molecule has 0 radical (unpaired) electrons. The van der Waals surface area contributed by atoms with Gasteiger partial charge in [0.25, 0.3) is 0 Å². The van der Waals surface area contributed by atoms with Crippen LogP contribution in [-0.4, -0.2) is 39.8 Å². The van der Waals surface area contributed by atoms with E-state index in [4.69, 9.17) is 13.7 Å². The molecule has 1 atom stereocenters. The number of carbonyl (C=O) groups is 1. The maximum absolute atomic E-state index is 12.2. The summed E-state index contributed by atoms with van der Waals surface area (Å²) in [4.78, 5) is 18.3. The average molecular weight is 319 g/mol. The maximum atomic E-state index is 12.2. The van der Waals surface area contributed by atoms with Gasteiger partial charge in [-0.15, -0.1) is 0 Å². The molecule has 7 heteroatoms. The van der Waals surface area contributed by atoms with Crippen molar-refractivity contribution in [2.75, 3.05) is 13.1 Å². The van der Waals surface area contributed by atoms with E-state index in [2.05, 4.69) is 10.1 Å². The fraction of sp³-hybridized carbons (Fsp3) is 0.562. The van der Waals surface area contributed by atoms with E-state index in [-0.39, 0.29) is 12.0 Å². The molecule has 7 nitrogen and oxygen atoms in total. The average Bonchev–Trinajstić information content (AvgIpc) is 3.17. The number of hydrogen-bond acceptors (Lipinski definition) is 6. The number of ether oxygens (including phenoxy) is 1. The van der Waals surface area contributed by atoms with E-state index in [1.165, 1.54) is 0 Å². The lowest BCUT2D eigenvalue weighted by Crippen LogP contribution is -2.42. The van der Waals surface area contributed by atoms with Crippen LogP contribution in [0.1, 0.15) is 45.4 Å². The molecule has 2 aromatic heterocycles. The van der Waals surface area contributed by atoms with Crippen molar-refractivity contribution >= 4 is 6.09 Å². The molecule has 1 aliphatic rings. The lowest BCUT2D eigenvalue weighted by Gasteiger charge is -2.32. The summed E-state index contributed by atoms with van der Waals surface area (Å²) in [6.07, 6.45) is 3.05. The van der Waals surface area contributed by atoms with Gasteiger partial charge >= 0.3 is 6.09 Å². The number of furan rings is 1. The monoisotopic (exact) mass is 319 g/mol. The standard InChI is InChI=1S/C16H21N3O4/c1-16(2,3)22-15(20)19-8-4-6-11(10-19)14-17-13(18-23-14)12-7-5-9-21-12/h5,7,9,11H,4,6,8,10H2,1-3H3/t11-/m0/s1. The van der Waals surface area contributed by atoms with Crippen molar-refractivity contribution in [3.63, 3.8) is 0 Å². The molecular weight excluding hydrogens is 298 g/mol. The highest BCUT2D eigenvalue weighted by molar-refractivity contribution is 5.68. The quantitative estimate of drug-likeness (QED) is 0.843. The van der Waals surface area contributed by atoms with Crippen LogP contribution < -0.4 is 0 Å². The molecule has 0 bridgehead atoms. The molecule has 3 heterocycles. The highest BCUT2D eigenvalue weighted by Crippen LogP contribution is 2.28. The predicted octanol–water partition coefficient (Wildman–Crippen LogP) is 3.44. The van der Waals surface area contributed by atoms with E-state index in [0.29, 0.717) is 30.6 Å². The minimum atomic E-state index is -0.499. The van der Waals surface area contributed by atoms with Gasteiger partial charge in [-0.25, -0.2) is 4.79 Å². The zero-order chi connectivity index (χ0) is 16.4. The fourth-order valence-electron chi connectivity index (χ4n) is 2.58. The molecule has 0 saturated carbocycles. The van der Waals surface area contributed by atoms with Crippen molar-refractivity contribution < 1.29 is 18.5 Å². The highest BCUT2D eigenvalue weighted by Gasteiger charge is 2.31. The summed E-state index contributed by atoms with van der Waals surface area (Å²) in [6, 6.07) is 3.55. The van der Waals surface area contributed by atoms with Gasteiger partial charge in [0.05, 0.1) is 12.2 Å². The Balaban J connectivity index is 1.68. The lowest BCUT2D eigenvalue weighted by atomic mass is 9.98. The van der Waals surface area contributed by atoms with Crippen molar-refractivity contribution in [1.82, 2.24) is 15.0 Å². The smallest absolute Gasteiger partial charge is 0.410 e. The van der Waals surface area contributed by atoms with Crippen LogP contribution >= 0.6 is 0 Å². The number of likely N-dealkylation sites (tertiary alicyclic amines) is 1. The lowest BCUT2D eigenvalue weighted by molar-refractivity contribution is 0.0189. The Morgan fingerprint density at radius 3 is 2.96 bits per heavy atom. The first-order valence-electron chi connectivity index (χ1n) is 7.78. The molecule has 1 amide bonds. The van der Waals surface area contributed by atoms with Crippen LogP contribution in [0.4, 0.5) is 4.79 Å². The van der Waals surface area contributed by atoms with Gasteiger partial charge in [0, 0.05) is 13.1 Å². The molecule has 3 rings (SSSR count). The third-order valence-corrected chi connectivity index (χ3v) is 3.61. The minimum absolute atomic E-state index is 0.0208. The van der Waals surface area contributed by atoms with Crippen LogP contribution in [0.15, 0.2) is 27.3 Å². The summed E-state index contributed by atoms with van der Waals surface area (Å²) in [5.74, 6) is 1.55. The third kappa shape index (κ3) is 3.72. The van der Waals surface area contributed by atoms with Crippen LogP contribution in [0.5, 0.6) is 0 Å². The Labute approximate surface area is 134 Å². The van der Waals surface area contributed by atoms with Gasteiger partial charge in [0.2, 0.25) is 11.7 Å². The second-order valence-corrected chi connectivity index (χ2v) is 6.70. The number of rotatable bonds is 2. The first-order chi connectivity index (χ1) is 10.9. The minimum Gasteiger partial charge on any atom is -0.461 e. The molecule has 2 aromatic rings. The Morgan fingerprint density at radius 2 is 2.26 bits per heavy atom. The van der Waals surface area contributed by atoms with Crippen LogP contribution in [0.25, 0.3) is 11.6 Å². The zero-order valence-corrected chi connectivity index (χ0v) is 13.6.